The maximum Gasteiger partial charge on any atom is 0.230 e. The Balaban J connectivity index is 1.65. The molecule has 7 heteroatoms. The van der Waals surface area contributed by atoms with E-state index in [0.717, 1.165) is 41.8 Å². The molecular formula is C20H20ClN3OS2. The van der Waals surface area contributed by atoms with Crippen LogP contribution >= 0.6 is 35.2 Å². The molecule has 0 bridgehead atoms. The van der Waals surface area contributed by atoms with Gasteiger partial charge < -0.3 is 10.6 Å². The van der Waals surface area contributed by atoms with Gasteiger partial charge in [-0.05, 0) is 61.2 Å². The fourth-order valence-corrected chi connectivity index (χ4v) is 4.87. The number of carbonyl (C=O) groups is 1. The number of fused-ring (bicyclic) bond motifs is 1. The number of nitrogens with one attached hydrogen (secondary N) is 2. The molecule has 1 aromatic heterocycles. The Morgan fingerprint density at radius 3 is 2.59 bits per heavy atom. The van der Waals surface area contributed by atoms with Gasteiger partial charge in [0.2, 0.25) is 5.91 Å². The number of anilines is 1. The van der Waals surface area contributed by atoms with Crippen molar-refractivity contribution in [2.45, 2.75) is 44.9 Å². The van der Waals surface area contributed by atoms with Crippen molar-refractivity contribution >= 4 is 51.2 Å². The van der Waals surface area contributed by atoms with Gasteiger partial charge in [-0.1, -0.05) is 36.6 Å². The van der Waals surface area contributed by atoms with Gasteiger partial charge in [-0.2, -0.15) is 5.26 Å². The summed E-state index contributed by atoms with van der Waals surface area (Å²) in [6.07, 6.45) is 6.87. The molecule has 4 nitrogen and oxygen atoms in total. The number of carbonyl (C=O) groups excluding carboxylic acids is 1. The van der Waals surface area contributed by atoms with Gasteiger partial charge >= 0.3 is 0 Å². The van der Waals surface area contributed by atoms with Crippen molar-refractivity contribution in [3.63, 3.8) is 0 Å². The topological polar surface area (TPSA) is 64.9 Å². The molecule has 3 rings (SSSR count). The average Bonchev–Trinajstić information content (AvgIpc) is 2.92. The molecule has 1 heterocycles. The van der Waals surface area contributed by atoms with Gasteiger partial charge in [0.25, 0.3) is 0 Å². The van der Waals surface area contributed by atoms with Crippen LogP contribution in [0.3, 0.4) is 0 Å². The standard InChI is InChI=1S/C20H20ClN3OS2/c21-14-9-7-13(8-10-14)11-18(25)23-20(26)24-19-16(12-22)15-5-3-1-2-4-6-17(15)27-19/h7-10H,1-6,11H2,(H2,23,24,25,26). The van der Waals surface area contributed by atoms with Crippen molar-refractivity contribution in [2.24, 2.45) is 0 Å². The minimum Gasteiger partial charge on any atom is -0.323 e. The smallest absolute Gasteiger partial charge is 0.230 e. The van der Waals surface area contributed by atoms with E-state index in [1.165, 1.54) is 17.7 Å². The van der Waals surface area contributed by atoms with E-state index < -0.39 is 0 Å². The number of aryl methyl sites for hydroxylation is 1. The average molecular weight is 418 g/mol. The minimum absolute atomic E-state index is 0.205. The predicted molar refractivity (Wildman–Crippen MR) is 114 cm³/mol. The van der Waals surface area contributed by atoms with Crippen molar-refractivity contribution in [2.75, 3.05) is 5.32 Å². The molecular weight excluding hydrogens is 398 g/mol. The van der Waals surface area contributed by atoms with E-state index in [4.69, 9.17) is 23.8 Å². The number of thiophene rings is 1. The van der Waals surface area contributed by atoms with E-state index in [1.807, 2.05) is 12.1 Å². The molecule has 2 aromatic rings. The first-order valence-corrected chi connectivity index (χ1v) is 10.6. The SMILES string of the molecule is N#Cc1c(NC(=S)NC(=O)Cc2ccc(Cl)cc2)sc2c1CCCCCC2. The second-order valence-corrected chi connectivity index (χ2v) is 8.49. The van der Waals surface area contributed by atoms with Crippen molar-refractivity contribution < 1.29 is 4.79 Å². The van der Waals surface area contributed by atoms with Gasteiger partial charge in [-0.15, -0.1) is 11.3 Å². The van der Waals surface area contributed by atoms with Gasteiger partial charge in [-0.25, -0.2) is 0 Å². The number of nitriles is 1. The number of amides is 1. The van der Waals surface area contributed by atoms with Crippen LogP contribution in [0.2, 0.25) is 5.02 Å². The number of rotatable bonds is 3. The monoisotopic (exact) mass is 417 g/mol. The zero-order valence-electron chi connectivity index (χ0n) is 14.8. The first-order valence-electron chi connectivity index (χ1n) is 8.96. The molecule has 27 heavy (non-hydrogen) atoms. The van der Waals surface area contributed by atoms with Crippen molar-refractivity contribution in [1.29, 1.82) is 5.26 Å². The van der Waals surface area contributed by atoms with Gasteiger partial charge in [0, 0.05) is 9.90 Å². The summed E-state index contributed by atoms with van der Waals surface area (Å²) in [6, 6.07) is 9.44. The van der Waals surface area contributed by atoms with Crippen molar-refractivity contribution in [3.05, 3.63) is 50.9 Å². The number of nitrogens with zero attached hydrogens (tertiary/aromatic N) is 1. The number of benzene rings is 1. The number of hydrogen-bond acceptors (Lipinski definition) is 4. The second kappa shape index (κ2) is 9.32. The molecule has 0 atom stereocenters. The molecule has 1 aromatic carbocycles. The Morgan fingerprint density at radius 2 is 1.89 bits per heavy atom. The summed E-state index contributed by atoms with van der Waals surface area (Å²) in [4.78, 5) is 13.5. The lowest BCUT2D eigenvalue weighted by atomic mass is 9.97. The molecule has 0 radical (unpaired) electrons. The Kier molecular flexibility index (Phi) is 6.84. The van der Waals surface area contributed by atoms with Crippen LogP contribution in [0.25, 0.3) is 0 Å². The summed E-state index contributed by atoms with van der Waals surface area (Å²) in [5.74, 6) is -0.205. The first kappa shape index (κ1) is 19.8. The number of hydrogen-bond donors (Lipinski definition) is 2. The summed E-state index contributed by atoms with van der Waals surface area (Å²) >= 11 is 12.7. The van der Waals surface area contributed by atoms with Gasteiger partial charge in [0.15, 0.2) is 5.11 Å². The molecule has 0 unspecified atom stereocenters. The predicted octanol–water partition coefficient (Wildman–Crippen LogP) is 4.99. The molecule has 0 saturated carbocycles. The van der Waals surface area contributed by atoms with Crippen LogP contribution in [0.1, 0.15) is 47.3 Å². The molecule has 0 aliphatic heterocycles. The Bertz CT molecular complexity index is 884. The van der Waals surface area contributed by atoms with Crippen molar-refractivity contribution in [1.82, 2.24) is 5.32 Å². The zero-order valence-corrected chi connectivity index (χ0v) is 17.2. The van der Waals surface area contributed by atoms with Crippen LogP contribution in [0.15, 0.2) is 24.3 Å². The molecule has 2 N–H and O–H groups in total. The third-order valence-electron chi connectivity index (χ3n) is 4.54. The molecule has 0 saturated heterocycles. The van der Waals surface area contributed by atoms with E-state index >= 15 is 0 Å². The van der Waals surface area contributed by atoms with Crippen LogP contribution in [-0.4, -0.2) is 11.0 Å². The lowest BCUT2D eigenvalue weighted by Gasteiger charge is -2.09. The summed E-state index contributed by atoms with van der Waals surface area (Å²) in [7, 11) is 0. The highest BCUT2D eigenvalue weighted by Crippen LogP contribution is 2.36. The van der Waals surface area contributed by atoms with Gasteiger partial charge in [-0.3, -0.25) is 4.79 Å². The third-order valence-corrected chi connectivity index (χ3v) is 6.20. The van der Waals surface area contributed by atoms with E-state index in [9.17, 15) is 10.1 Å². The molecule has 1 aliphatic rings. The van der Waals surface area contributed by atoms with E-state index in [2.05, 4.69) is 16.7 Å². The number of halogens is 1. The fraction of sp³-hybridized carbons (Fsp3) is 0.350. The quantitative estimate of drug-likeness (QED) is 0.690. The zero-order chi connectivity index (χ0) is 19.2. The highest BCUT2D eigenvalue weighted by atomic mass is 35.5. The summed E-state index contributed by atoms with van der Waals surface area (Å²) in [5.41, 5.74) is 2.68. The van der Waals surface area contributed by atoms with E-state index in [-0.39, 0.29) is 17.4 Å². The lowest BCUT2D eigenvalue weighted by Crippen LogP contribution is -2.35. The van der Waals surface area contributed by atoms with Crippen LogP contribution in [0.4, 0.5) is 5.00 Å². The molecule has 0 spiro atoms. The summed E-state index contributed by atoms with van der Waals surface area (Å²) < 4.78 is 0. The van der Waals surface area contributed by atoms with E-state index in [1.54, 1.807) is 23.5 Å². The Labute approximate surface area is 173 Å². The second-order valence-electron chi connectivity index (χ2n) is 6.54. The molecule has 140 valence electrons. The van der Waals surface area contributed by atoms with Gasteiger partial charge in [0.05, 0.1) is 12.0 Å². The molecule has 1 amide bonds. The summed E-state index contributed by atoms with van der Waals surface area (Å²) in [5, 5.41) is 17.0. The first-order chi connectivity index (χ1) is 13.1. The highest BCUT2D eigenvalue weighted by molar-refractivity contribution is 7.80. The maximum absolute atomic E-state index is 12.2. The largest absolute Gasteiger partial charge is 0.323 e. The number of thiocarbonyl (C=S) groups is 1. The van der Waals surface area contributed by atoms with Crippen LogP contribution < -0.4 is 10.6 Å². The maximum atomic E-state index is 12.2. The van der Waals surface area contributed by atoms with Crippen LogP contribution in [-0.2, 0) is 24.1 Å². The Hall–Kier alpha value is -1.94. The highest BCUT2D eigenvalue weighted by Gasteiger charge is 2.20. The summed E-state index contributed by atoms with van der Waals surface area (Å²) in [6.45, 7) is 0. The van der Waals surface area contributed by atoms with Crippen LogP contribution in [0.5, 0.6) is 0 Å². The van der Waals surface area contributed by atoms with Gasteiger partial charge in [0.1, 0.15) is 11.1 Å². The Morgan fingerprint density at radius 1 is 1.19 bits per heavy atom. The third kappa shape index (κ3) is 5.29. The van der Waals surface area contributed by atoms with Crippen LogP contribution in [0, 0.1) is 11.3 Å². The molecule has 1 aliphatic carbocycles. The normalized spacial score (nSPS) is 13.6. The minimum atomic E-state index is -0.205. The van der Waals surface area contributed by atoms with E-state index in [0.29, 0.717) is 10.6 Å². The lowest BCUT2D eigenvalue weighted by molar-refractivity contribution is -0.119. The van der Waals surface area contributed by atoms with Crippen molar-refractivity contribution in [3.8, 4) is 6.07 Å². The molecule has 0 fully saturated rings. The fourth-order valence-electron chi connectivity index (χ4n) is 3.22.